The maximum atomic E-state index is 13.5. The van der Waals surface area contributed by atoms with Crippen molar-refractivity contribution in [1.82, 2.24) is 0 Å². The molecule has 0 aromatic rings. The Kier molecular flexibility index (Phi) is 8.60. The number of hydrogen-bond donors (Lipinski definition) is 0. The largest absolute Gasteiger partial charge is 0.460 e. The van der Waals surface area contributed by atoms with Crippen molar-refractivity contribution in [3.8, 4) is 0 Å². The topological polar surface area (TPSA) is 34.1 Å². The Morgan fingerprint density at radius 3 is 0.838 bits per heavy atom. The van der Waals surface area contributed by atoms with Crippen molar-refractivity contribution in [2.45, 2.75) is 65.9 Å². The van der Waals surface area contributed by atoms with E-state index in [0.29, 0.717) is 0 Å². The van der Waals surface area contributed by atoms with Crippen LogP contribution >= 0.6 is 10.7 Å². The van der Waals surface area contributed by atoms with E-state index in [0.717, 1.165) is 0 Å². The van der Waals surface area contributed by atoms with Gasteiger partial charge in [0.05, 0.1) is 5.75 Å². The van der Waals surface area contributed by atoms with Gasteiger partial charge < -0.3 is 0 Å². The molecule has 224 valence electrons. The Morgan fingerprint density at radius 2 is 0.622 bits per heavy atom. The van der Waals surface area contributed by atoms with E-state index in [1.54, 1.807) is 0 Å². The third kappa shape index (κ3) is 4.96. The first-order valence-corrected chi connectivity index (χ1v) is 10.3. The zero-order valence-corrected chi connectivity index (χ0v) is 17.5. The first-order chi connectivity index (χ1) is 15.5. The molecule has 0 saturated carbocycles. The molecular weight excluding hydrogens is 643 g/mol. The van der Waals surface area contributed by atoms with Crippen LogP contribution in [0.1, 0.15) is 6.42 Å². The van der Waals surface area contributed by atoms with Gasteiger partial charge in [0, 0.05) is 17.1 Å². The summed E-state index contributed by atoms with van der Waals surface area (Å²) in [6.07, 6.45) is -11.3. The van der Waals surface area contributed by atoms with Gasteiger partial charge in [-0.25, -0.2) is 8.42 Å². The molecule has 0 rings (SSSR count). The summed E-state index contributed by atoms with van der Waals surface area (Å²) >= 11 is 0. The first-order valence-electron chi connectivity index (χ1n) is 7.85. The summed E-state index contributed by atoms with van der Waals surface area (Å²) in [7, 11) is -1.17. The molecule has 0 amide bonds. The summed E-state index contributed by atoms with van der Waals surface area (Å²) in [4.78, 5) is 0. The van der Waals surface area contributed by atoms with Gasteiger partial charge in [-0.05, 0) is 0 Å². The molecule has 0 aliphatic heterocycles. The van der Waals surface area contributed by atoms with Crippen molar-refractivity contribution in [3.63, 3.8) is 0 Å². The zero-order valence-electron chi connectivity index (χ0n) is 16.0. The van der Waals surface area contributed by atoms with Crippen LogP contribution in [-0.2, 0) is 9.05 Å². The molecule has 0 radical (unpaired) electrons. The van der Waals surface area contributed by atoms with Crippen molar-refractivity contribution in [3.05, 3.63) is 0 Å². The van der Waals surface area contributed by atoms with E-state index in [-0.39, 0.29) is 0 Å². The second-order valence-electron chi connectivity index (χ2n) is 6.79. The molecule has 0 bridgehead atoms. The van der Waals surface area contributed by atoms with Gasteiger partial charge in [0.15, 0.2) is 0 Å². The Balaban J connectivity index is 7.00. The van der Waals surface area contributed by atoms with Gasteiger partial charge in [0.1, 0.15) is 0 Å². The molecule has 0 atom stereocenters. The fraction of sp³-hybridized carbons (Fsp3) is 1.00. The van der Waals surface area contributed by atoms with Crippen molar-refractivity contribution in [2.24, 2.45) is 0 Å². The van der Waals surface area contributed by atoms with Gasteiger partial charge in [-0.2, -0.15) is 92.2 Å². The van der Waals surface area contributed by atoms with Crippen LogP contribution in [0, 0.1) is 0 Å². The van der Waals surface area contributed by atoms with E-state index >= 15 is 0 Å². The highest BCUT2D eigenvalue weighted by Gasteiger charge is 2.97. The number of hydrogen-bond acceptors (Lipinski definition) is 2. The Morgan fingerprint density at radius 1 is 0.405 bits per heavy atom. The highest BCUT2D eigenvalue weighted by atomic mass is 35.7. The molecule has 0 unspecified atom stereocenters. The van der Waals surface area contributed by atoms with E-state index in [9.17, 15) is 101 Å². The SMILES string of the molecule is O=S(=O)(Cl)CCC(F)(F)C(F)(F)C(F)(F)C(F)(F)C(F)(F)C(F)(F)C(F)(F)C(F)(F)C(F)(F)C(F)(F)F. The molecule has 2 nitrogen and oxygen atoms in total. The van der Waals surface area contributed by atoms with E-state index < -0.39 is 80.7 Å². The highest BCUT2D eigenvalue weighted by molar-refractivity contribution is 8.13. The van der Waals surface area contributed by atoms with Crippen molar-refractivity contribution in [2.75, 3.05) is 5.75 Å². The molecular formula is C12H4ClF21O2S. The van der Waals surface area contributed by atoms with Crippen molar-refractivity contribution < 1.29 is 101 Å². The molecule has 0 aromatic heterocycles. The smallest absolute Gasteiger partial charge is 0.212 e. The summed E-state index contributed by atoms with van der Waals surface area (Å²) in [5.74, 6) is -80.6. The first kappa shape index (κ1) is 35.8. The monoisotopic (exact) mass is 646 g/mol. The van der Waals surface area contributed by atoms with Gasteiger partial charge in [0.25, 0.3) is 0 Å². The standard InChI is InChI=1S/C12H4ClF21O2S/c13-37(35,36)2-1-3(14,15)4(16,17)5(18,19)6(20,21)7(22,23)8(24,25)9(26,27)10(28,29)11(30,31)12(32,33)34/h1-2H2. The van der Waals surface area contributed by atoms with Crippen LogP contribution in [0.2, 0.25) is 0 Å². The lowest BCUT2D eigenvalue weighted by atomic mass is 9.86. The average molecular weight is 647 g/mol. The second kappa shape index (κ2) is 8.89. The summed E-state index contributed by atoms with van der Waals surface area (Å²) in [6.45, 7) is 0. The predicted molar refractivity (Wildman–Crippen MR) is 74.8 cm³/mol. The lowest BCUT2D eigenvalue weighted by Gasteiger charge is -2.44. The average Bonchev–Trinajstić information content (AvgIpc) is 2.63. The third-order valence-corrected chi connectivity index (χ3v) is 5.39. The Hall–Kier alpha value is -1.23. The summed E-state index contributed by atoms with van der Waals surface area (Å²) < 4.78 is 296. The van der Waals surface area contributed by atoms with Crippen molar-refractivity contribution >= 4 is 19.7 Å². The maximum absolute atomic E-state index is 13.5. The molecule has 37 heavy (non-hydrogen) atoms. The minimum atomic E-state index is -9.25. The van der Waals surface area contributed by atoms with Crippen molar-refractivity contribution in [1.29, 1.82) is 0 Å². The second-order valence-corrected chi connectivity index (χ2v) is 9.69. The fourth-order valence-electron chi connectivity index (χ4n) is 2.00. The molecule has 0 aliphatic carbocycles. The number of alkyl halides is 21. The lowest BCUT2D eigenvalue weighted by molar-refractivity contribution is -0.474. The van der Waals surface area contributed by atoms with Gasteiger partial charge in [-0.1, -0.05) is 0 Å². The van der Waals surface area contributed by atoms with Gasteiger partial charge in [-0.3, -0.25) is 0 Å². The van der Waals surface area contributed by atoms with Crippen LogP contribution in [0.15, 0.2) is 0 Å². The van der Waals surface area contributed by atoms with E-state index in [1.807, 2.05) is 0 Å². The van der Waals surface area contributed by atoms with Crippen LogP contribution in [0.4, 0.5) is 92.2 Å². The normalized spacial score (nSPS) is 16.8. The van der Waals surface area contributed by atoms with Crippen LogP contribution in [0.25, 0.3) is 0 Å². The van der Waals surface area contributed by atoms with Gasteiger partial charge >= 0.3 is 59.5 Å². The van der Waals surface area contributed by atoms with E-state index in [2.05, 4.69) is 10.7 Å². The van der Waals surface area contributed by atoms with Crippen LogP contribution in [0.3, 0.4) is 0 Å². The molecule has 0 aromatic carbocycles. The fourth-order valence-corrected chi connectivity index (χ4v) is 2.73. The lowest BCUT2D eigenvalue weighted by Crippen LogP contribution is -2.76. The third-order valence-electron chi connectivity index (χ3n) is 4.24. The maximum Gasteiger partial charge on any atom is 0.460 e. The van der Waals surface area contributed by atoms with Gasteiger partial charge in [-0.15, -0.1) is 0 Å². The highest BCUT2D eigenvalue weighted by Crippen LogP contribution is 2.66. The summed E-state index contributed by atoms with van der Waals surface area (Å²) in [5.41, 5.74) is 0. The molecule has 0 aliphatic rings. The minimum absolute atomic E-state index is 2.55. The van der Waals surface area contributed by atoms with Crippen LogP contribution in [-0.4, -0.2) is 73.6 Å². The molecule has 0 spiro atoms. The van der Waals surface area contributed by atoms with Crippen LogP contribution in [0.5, 0.6) is 0 Å². The van der Waals surface area contributed by atoms with E-state index in [4.69, 9.17) is 0 Å². The number of halogens is 22. The summed E-state index contributed by atoms with van der Waals surface area (Å²) in [5, 5.41) is 0. The predicted octanol–water partition coefficient (Wildman–Crippen LogP) is 7.23. The molecule has 0 fully saturated rings. The quantitative estimate of drug-likeness (QED) is 0.176. The number of rotatable bonds is 11. The minimum Gasteiger partial charge on any atom is -0.212 e. The zero-order chi connectivity index (χ0) is 30.9. The Bertz CT molecular complexity index is 949. The Labute approximate surface area is 193 Å². The van der Waals surface area contributed by atoms with Crippen LogP contribution < -0.4 is 0 Å². The van der Waals surface area contributed by atoms with Gasteiger partial charge in [0.2, 0.25) is 9.05 Å². The molecule has 0 saturated heterocycles. The molecule has 0 heterocycles. The summed E-state index contributed by atoms with van der Waals surface area (Å²) in [6, 6.07) is 0. The van der Waals surface area contributed by atoms with E-state index in [1.165, 1.54) is 0 Å². The molecule has 25 heteroatoms. The molecule has 0 N–H and O–H groups in total.